The summed E-state index contributed by atoms with van der Waals surface area (Å²) in [6.45, 7) is 4.06. The minimum Gasteiger partial charge on any atom is -0.313 e. The van der Waals surface area contributed by atoms with Crippen LogP contribution in [-0.2, 0) is 10.0 Å². The molecule has 0 saturated heterocycles. The summed E-state index contributed by atoms with van der Waals surface area (Å²) < 4.78 is 24.6. The highest BCUT2D eigenvalue weighted by molar-refractivity contribution is 7.88. The van der Waals surface area contributed by atoms with Crippen molar-refractivity contribution in [2.24, 2.45) is 5.41 Å². The molecule has 20 heavy (non-hydrogen) atoms. The zero-order valence-electron chi connectivity index (χ0n) is 13.0. The molecule has 0 aromatic rings. The molecular weight excluding hydrogens is 272 g/mol. The Kier molecular flexibility index (Phi) is 5.49. The molecule has 1 N–H and O–H groups in total. The molecular formula is C15H30N2O2S. The first-order valence-electron chi connectivity index (χ1n) is 8.16. The lowest BCUT2D eigenvalue weighted by Gasteiger charge is -2.52. The number of nitrogens with one attached hydrogen (secondary N) is 1. The summed E-state index contributed by atoms with van der Waals surface area (Å²) in [5.74, 6) is 0. The summed E-state index contributed by atoms with van der Waals surface area (Å²) in [6, 6.07) is 0.691. The van der Waals surface area contributed by atoms with Crippen LogP contribution in [0.5, 0.6) is 0 Å². The number of nitrogens with zero attached hydrogens (tertiary/aromatic N) is 1. The number of hydrogen-bond acceptors (Lipinski definition) is 3. The Labute approximate surface area is 124 Å². The molecule has 2 aliphatic carbocycles. The zero-order valence-corrected chi connectivity index (χ0v) is 13.8. The molecule has 0 bridgehead atoms. The Balaban J connectivity index is 1.69. The Hall–Kier alpha value is -0.130. The maximum Gasteiger partial charge on any atom is 0.211 e. The van der Waals surface area contributed by atoms with Gasteiger partial charge < -0.3 is 5.32 Å². The highest BCUT2D eigenvalue weighted by Crippen LogP contribution is 2.51. The summed E-state index contributed by atoms with van der Waals surface area (Å²) in [6.07, 6.45) is 11.9. The molecule has 0 aromatic carbocycles. The van der Waals surface area contributed by atoms with E-state index in [1.807, 2.05) is 6.92 Å². The lowest BCUT2D eigenvalue weighted by molar-refractivity contribution is 0.0231. The van der Waals surface area contributed by atoms with Gasteiger partial charge in [-0.3, -0.25) is 0 Å². The van der Waals surface area contributed by atoms with E-state index in [-0.39, 0.29) is 0 Å². The predicted molar refractivity (Wildman–Crippen MR) is 83.3 cm³/mol. The fourth-order valence-electron chi connectivity index (χ4n) is 3.96. The average molecular weight is 302 g/mol. The van der Waals surface area contributed by atoms with Crippen LogP contribution in [0.3, 0.4) is 0 Å². The molecule has 1 spiro atoms. The van der Waals surface area contributed by atoms with Crippen LogP contribution >= 0.6 is 0 Å². The van der Waals surface area contributed by atoms with Gasteiger partial charge in [0.15, 0.2) is 0 Å². The van der Waals surface area contributed by atoms with Crippen LogP contribution in [0.25, 0.3) is 0 Å². The monoisotopic (exact) mass is 302 g/mol. The van der Waals surface area contributed by atoms with Crippen molar-refractivity contribution in [1.82, 2.24) is 9.62 Å². The van der Waals surface area contributed by atoms with Gasteiger partial charge in [-0.05, 0) is 44.1 Å². The summed E-state index contributed by atoms with van der Waals surface area (Å²) in [7, 11) is -3.03. The molecule has 0 amide bonds. The molecule has 0 radical (unpaired) electrons. The fourth-order valence-corrected chi connectivity index (χ4v) is 4.89. The molecule has 5 heteroatoms. The maximum atomic E-state index is 11.5. The Morgan fingerprint density at radius 2 is 1.90 bits per heavy atom. The second kappa shape index (κ2) is 6.75. The van der Waals surface area contributed by atoms with Crippen LogP contribution in [0, 0.1) is 5.41 Å². The van der Waals surface area contributed by atoms with Gasteiger partial charge in [-0.2, -0.15) is 0 Å². The third-order valence-electron chi connectivity index (χ3n) is 5.32. The lowest BCUT2D eigenvalue weighted by Crippen LogP contribution is -2.54. The largest absolute Gasteiger partial charge is 0.313 e. The molecule has 0 aromatic heterocycles. The lowest BCUT2D eigenvalue weighted by atomic mass is 9.57. The molecule has 2 fully saturated rings. The van der Waals surface area contributed by atoms with Crippen LogP contribution in [-0.4, -0.2) is 44.7 Å². The Morgan fingerprint density at radius 3 is 2.40 bits per heavy atom. The molecule has 0 aliphatic heterocycles. The van der Waals surface area contributed by atoms with E-state index in [1.54, 1.807) is 4.31 Å². The smallest absolute Gasteiger partial charge is 0.211 e. The minimum absolute atomic E-state index is 0.576. The highest BCUT2D eigenvalue weighted by atomic mass is 32.2. The van der Waals surface area contributed by atoms with E-state index in [0.717, 1.165) is 13.0 Å². The Morgan fingerprint density at radius 1 is 1.20 bits per heavy atom. The second-order valence-corrected chi connectivity index (χ2v) is 8.56. The van der Waals surface area contributed by atoms with E-state index in [4.69, 9.17) is 0 Å². The van der Waals surface area contributed by atoms with Crippen molar-refractivity contribution in [3.8, 4) is 0 Å². The first kappa shape index (κ1) is 16.2. The third kappa shape index (κ3) is 3.74. The van der Waals surface area contributed by atoms with Crippen molar-refractivity contribution in [2.45, 2.75) is 64.3 Å². The van der Waals surface area contributed by atoms with E-state index in [1.165, 1.54) is 51.2 Å². The van der Waals surface area contributed by atoms with Crippen molar-refractivity contribution in [3.05, 3.63) is 0 Å². The molecule has 0 heterocycles. The van der Waals surface area contributed by atoms with Gasteiger partial charge in [0, 0.05) is 19.1 Å². The van der Waals surface area contributed by atoms with Gasteiger partial charge >= 0.3 is 0 Å². The standard InChI is InChI=1S/C15H30N2O2S/c1-3-17(20(2,18)19)13-7-12-16-14-8-11-15(14)9-5-4-6-10-15/h14,16H,3-13H2,1-2H3. The summed E-state index contributed by atoms with van der Waals surface area (Å²) in [5, 5.41) is 3.69. The van der Waals surface area contributed by atoms with Crippen LogP contribution in [0.1, 0.15) is 58.3 Å². The van der Waals surface area contributed by atoms with E-state index in [9.17, 15) is 8.42 Å². The Bertz CT molecular complexity index is 402. The van der Waals surface area contributed by atoms with Crippen LogP contribution < -0.4 is 5.32 Å². The van der Waals surface area contributed by atoms with Gasteiger partial charge in [-0.15, -0.1) is 0 Å². The quantitative estimate of drug-likeness (QED) is 0.735. The van der Waals surface area contributed by atoms with Gasteiger partial charge in [-0.25, -0.2) is 12.7 Å². The first-order valence-corrected chi connectivity index (χ1v) is 10.0. The minimum atomic E-state index is -3.03. The SMILES string of the molecule is CCN(CCCNC1CCC12CCCCC2)S(C)(=O)=O. The number of rotatable bonds is 7. The average Bonchev–Trinajstić information content (AvgIpc) is 2.41. The normalized spacial score (nSPS) is 25.9. The van der Waals surface area contributed by atoms with Crippen molar-refractivity contribution in [1.29, 1.82) is 0 Å². The van der Waals surface area contributed by atoms with Crippen molar-refractivity contribution in [2.75, 3.05) is 25.9 Å². The molecule has 1 atom stereocenters. The van der Waals surface area contributed by atoms with E-state index in [0.29, 0.717) is 24.5 Å². The van der Waals surface area contributed by atoms with E-state index < -0.39 is 10.0 Å². The van der Waals surface area contributed by atoms with Gasteiger partial charge in [0.1, 0.15) is 0 Å². The van der Waals surface area contributed by atoms with Gasteiger partial charge in [-0.1, -0.05) is 26.2 Å². The van der Waals surface area contributed by atoms with Crippen molar-refractivity contribution in [3.63, 3.8) is 0 Å². The zero-order chi connectivity index (χ0) is 14.6. The molecule has 118 valence electrons. The number of sulfonamides is 1. The van der Waals surface area contributed by atoms with Gasteiger partial charge in [0.05, 0.1) is 6.26 Å². The highest BCUT2D eigenvalue weighted by Gasteiger charge is 2.46. The summed E-state index contributed by atoms with van der Waals surface area (Å²) in [5.41, 5.74) is 0.597. The molecule has 4 nitrogen and oxygen atoms in total. The van der Waals surface area contributed by atoms with Crippen LogP contribution in [0.2, 0.25) is 0 Å². The summed E-state index contributed by atoms with van der Waals surface area (Å²) >= 11 is 0. The molecule has 2 aliphatic rings. The van der Waals surface area contributed by atoms with Crippen molar-refractivity contribution >= 4 is 10.0 Å². The van der Waals surface area contributed by atoms with E-state index in [2.05, 4.69) is 5.32 Å². The molecule has 1 unspecified atom stereocenters. The van der Waals surface area contributed by atoms with Crippen LogP contribution in [0.15, 0.2) is 0 Å². The fraction of sp³-hybridized carbons (Fsp3) is 1.00. The van der Waals surface area contributed by atoms with Gasteiger partial charge in [0.2, 0.25) is 10.0 Å². The number of hydrogen-bond donors (Lipinski definition) is 1. The first-order chi connectivity index (χ1) is 9.48. The topological polar surface area (TPSA) is 49.4 Å². The van der Waals surface area contributed by atoms with Crippen molar-refractivity contribution < 1.29 is 8.42 Å². The summed E-state index contributed by atoms with van der Waals surface area (Å²) in [4.78, 5) is 0. The second-order valence-electron chi connectivity index (χ2n) is 6.58. The maximum absolute atomic E-state index is 11.5. The molecule has 2 saturated carbocycles. The third-order valence-corrected chi connectivity index (χ3v) is 6.69. The molecule has 2 rings (SSSR count). The van der Waals surface area contributed by atoms with Gasteiger partial charge in [0.25, 0.3) is 0 Å². The van der Waals surface area contributed by atoms with Crippen LogP contribution in [0.4, 0.5) is 0 Å². The predicted octanol–water partition coefficient (Wildman–Crippen LogP) is 2.36. The van der Waals surface area contributed by atoms with E-state index >= 15 is 0 Å².